The summed E-state index contributed by atoms with van der Waals surface area (Å²) in [6.07, 6.45) is 6.48. The molecule has 6 heteroatoms. The smallest absolute Gasteiger partial charge is 0.309 e. The lowest BCUT2D eigenvalue weighted by atomic mass is 9.92. The number of hydrogen-bond donors (Lipinski definition) is 1. The second kappa shape index (κ2) is 6.59. The third-order valence-corrected chi connectivity index (χ3v) is 6.37. The van der Waals surface area contributed by atoms with Crippen LogP contribution in [-0.4, -0.2) is 24.0 Å². The molecule has 0 unspecified atom stereocenters. The van der Waals surface area contributed by atoms with Gasteiger partial charge in [-0.2, -0.15) is 0 Å². The summed E-state index contributed by atoms with van der Waals surface area (Å²) in [5.74, 6) is -0.821. The summed E-state index contributed by atoms with van der Waals surface area (Å²) in [6, 6.07) is 0. The number of nitrogens with one attached hydrogen (secondary N) is 1. The summed E-state index contributed by atoms with van der Waals surface area (Å²) >= 11 is 1.62. The topological polar surface area (TPSA) is 68.3 Å². The lowest BCUT2D eigenvalue weighted by molar-refractivity contribution is -0.149. The van der Waals surface area contributed by atoms with Gasteiger partial charge in [0.1, 0.15) is 5.01 Å². The van der Waals surface area contributed by atoms with Crippen molar-refractivity contribution in [1.29, 1.82) is 0 Å². The largest absolute Gasteiger partial charge is 0.469 e. The Hall–Kier alpha value is -1.43. The van der Waals surface area contributed by atoms with Crippen LogP contribution in [0.1, 0.15) is 55.6 Å². The van der Waals surface area contributed by atoms with E-state index in [1.54, 1.807) is 11.3 Å². The molecule has 2 saturated carbocycles. The predicted molar refractivity (Wildman–Crippen MR) is 88.0 cm³/mol. The molecule has 2 atom stereocenters. The number of carbonyl (C=O) groups is 2. The number of aromatic nitrogens is 1. The summed E-state index contributed by atoms with van der Waals surface area (Å²) in [5, 5.41) is 6.32. The van der Waals surface area contributed by atoms with E-state index in [4.69, 9.17) is 4.74 Å². The van der Waals surface area contributed by atoms with Crippen LogP contribution in [0.5, 0.6) is 0 Å². The first-order valence-electron chi connectivity index (χ1n) is 8.38. The Kier molecular flexibility index (Phi) is 4.71. The van der Waals surface area contributed by atoms with Gasteiger partial charge in [-0.1, -0.05) is 19.3 Å². The minimum absolute atomic E-state index is 0.00680. The minimum atomic E-state index is -0.334. The number of ether oxygens (including phenoxy) is 1. The van der Waals surface area contributed by atoms with E-state index in [2.05, 4.69) is 10.3 Å². The fourth-order valence-electron chi connectivity index (χ4n) is 3.98. The molecule has 2 fully saturated rings. The number of carbonyl (C=O) groups excluding carboxylic acids is 2. The van der Waals surface area contributed by atoms with Crippen LogP contribution in [0.3, 0.4) is 0 Å². The Morgan fingerprint density at radius 1 is 1.26 bits per heavy atom. The van der Waals surface area contributed by atoms with E-state index in [0.717, 1.165) is 55.6 Å². The SMILES string of the molecule is COC(=O)[C@H]1CCC[C@H]1C(=O)NC1(c2nc(C)cs2)CCCC1. The second-order valence-corrected chi connectivity index (χ2v) is 7.60. The highest BCUT2D eigenvalue weighted by molar-refractivity contribution is 7.09. The third-order valence-electron chi connectivity index (χ3n) is 5.20. The van der Waals surface area contributed by atoms with Gasteiger partial charge in [-0.05, 0) is 32.6 Å². The zero-order chi connectivity index (χ0) is 16.4. The summed E-state index contributed by atoms with van der Waals surface area (Å²) < 4.78 is 4.87. The molecule has 2 aliphatic rings. The van der Waals surface area contributed by atoms with E-state index in [9.17, 15) is 9.59 Å². The van der Waals surface area contributed by atoms with E-state index in [0.29, 0.717) is 0 Å². The monoisotopic (exact) mass is 336 g/mol. The van der Waals surface area contributed by atoms with E-state index in [-0.39, 0.29) is 29.3 Å². The highest BCUT2D eigenvalue weighted by atomic mass is 32.1. The number of esters is 1. The van der Waals surface area contributed by atoms with Crippen LogP contribution < -0.4 is 5.32 Å². The molecule has 23 heavy (non-hydrogen) atoms. The number of rotatable bonds is 4. The first-order chi connectivity index (χ1) is 11.1. The molecule has 3 rings (SSSR count). The van der Waals surface area contributed by atoms with Crippen molar-refractivity contribution in [2.75, 3.05) is 7.11 Å². The normalized spacial score (nSPS) is 26.2. The van der Waals surface area contributed by atoms with Gasteiger partial charge in [0.2, 0.25) is 5.91 Å². The maximum atomic E-state index is 12.9. The fraction of sp³-hybridized carbons (Fsp3) is 0.706. The average molecular weight is 336 g/mol. The number of methoxy groups -OCH3 is 1. The summed E-state index contributed by atoms with van der Waals surface area (Å²) in [5.41, 5.74) is 0.665. The molecule has 0 radical (unpaired) electrons. The Balaban J connectivity index is 1.78. The molecule has 0 aliphatic heterocycles. The predicted octanol–water partition coefficient (Wildman–Crippen LogP) is 2.93. The van der Waals surface area contributed by atoms with Gasteiger partial charge in [-0.25, -0.2) is 4.98 Å². The molecule has 0 aromatic carbocycles. The maximum Gasteiger partial charge on any atom is 0.309 e. The summed E-state index contributed by atoms with van der Waals surface area (Å²) in [6.45, 7) is 1.98. The summed E-state index contributed by atoms with van der Waals surface area (Å²) in [4.78, 5) is 29.4. The van der Waals surface area contributed by atoms with E-state index < -0.39 is 0 Å². The van der Waals surface area contributed by atoms with Gasteiger partial charge in [-0.3, -0.25) is 9.59 Å². The minimum Gasteiger partial charge on any atom is -0.469 e. The quantitative estimate of drug-likeness (QED) is 0.859. The van der Waals surface area contributed by atoms with Crippen molar-refractivity contribution in [2.45, 2.75) is 57.4 Å². The molecule has 5 nitrogen and oxygen atoms in total. The number of nitrogens with zero attached hydrogens (tertiary/aromatic N) is 1. The highest BCUT2D eigenvalue weighted by Gasteiger charge is 2.44. The van der Waals surface area contributed by atoms with Gasteiger partial charge >= 0.3 is 5.97 Å². The van der Waals surface area contributed by atoms with Crippen molar-refractivity contribution < 1.29 is 14.3 Å². The van der Waals surface area contributed by atoms with E-state index >= 15 is 0 Å². The third kappa shape index (κ3) is 3.13. The van der Waals surface area contributed by atoms with Crippen LogP contribution in [0, 0.1) is 18.8 Å². The van der Waals surface area contributed by atoms with Crippen molar-refractivity contribution in [3.63, 3.8) is 0 Å². The molecule has 1 aromatic rings. The Morgan fingerprint density at radius 3 is 2.57 bits per heavy atom. The molecule has 1 N–H and O–H groups in total. The molecule has 2 aliphatic carbocycles. The average Bonchev–Trinajstić information content (AvgIpc) is 3.26. The molecule has 0 saturated heterocycles. The number of aryl methyl sites for hydroxylation is 1. The van der Waals surface area contributed by atoms with Crippen LogP contribution in [0.25, 0.3) is 0 Å². The van der Waals surface area contributed by atoms with Gasteiger partial charge in [0.15, 0.2) is 0 Å². The van der Waals surface area contributed by atoms with Crippen LogP contribution >= 0.6 is 11.3 Å². The van der Waals surface area contributed by atoms with E-state index in [1.807, 2.05) is 12.3 Å². The van der Waals surface area contributed by atoms with Gasteiger partial charge in [0.25, 0.3) is 0 Å². The lowest BCUT2D eigenvalue weighted by Crippen LogP contribution is -2.47. The number of amides is 1. The molecule has 1 heterocycles. The molecule has 1 amide bonds. The number of thiazole rings is 1. The van der Waals surface area contributed by atoms with Crippen molar-refractivity contribution >= 4 is 23.2 Å². The van der Waals surface area contributed by atoms with Gasteiger partial charge < -0.3 is 10.1 Å². The van der Waals surface area contributed by atoms with Gasteiger partial charge in [-0.15, -0.1) is 11.3 Å². The molecule has 126 valence electrons. The van der Waals surface area contributed by atoms with Gasteiger partial charge in [0.05, 0.1) is 24.5 Å². The fourth-order valence-corrected chi connectivity index (χ4v) is 4.99. The second-order valence-electron chi connectivity index (χ2n) is 6.74. The van der Waals surface area contributed by atoms with Crippen LogP contribution in [0.4, 0.5) is 0 Å². The van der Waals surface area contributed by atoms with E-state index in [1.165, 1.54) is 7.11 Å². The number of hydrogen-bond acceptors (Lipinski definition) is 5. The zero-order valence-corrected chi connectivity index (χ0v) is 14.6. The van der Waals surface area contributed by atoms with Crippen LogP contribution in [0.15, 0.2) is 5.38 Å². The molecule has 0 bridgehead atoms. The van der Waals surface area contributed by atoms with Crippen LogP contribution in [-0.2, 0) is 19.9 Å². The Morgan fingerprint density at radius 2 is 1.96 bits per heavy atom. The Labute approximate surface area is 140 Å². The maximum absolute atomic E-state index is 12.9. The van der Waals surface area contributed by atoms with Crippen molar-refractivity contribution in [3.05, 3.63) is 16.1 Å². The standard InChI is InChI=1S/C17H24N2O3S/c1-11-10-23-16(18-11)17(8-3-4-9-17)19-14(20)12-6-5-7-13(12)15(21)22-2/h10,12-13H,3-9H2,1-2H3,(H,19,20)/t12-,13+/m1/s1. The van der Waals surface area contributed by atoms with Gasteiger partial charge in [0, 0.05) is 11.1 Å². The van der Waals surface area contributed by atoms with Crippen molar-refractivity contribution in [1.82, 2.24) is 10.3 Å². The molecular formula is C17H24N2O3S. The highest BCUT2D eigenvalue weighted by Crippen LogP contribution is 2.41. The van der Waals surface area contributed by atoms with Crippen molar-refractivity contribution in [3.8, 4) is 0 Å². The molecule has 0 spiro atoms. The first-order valence-corrected chi connectivity index (χ1v) is 9.26. The Bertz CT molecular complexity index is 592. The lowest BCUT2D eigenvalue weighted by Gasteiger charge is -2.30. The van der Waals surface area contributed by atoms with Crippen molar-refractivity contribution in [2.24, 2.45) is 11.8 Å². The zero-order valence-electron chi connectivity index (χ0n) is 13.8. The van der Waals surface area contributed by atoms with Crippen LogP contribution in [0.2, 0.25) is 0 Å². The first kappa shape index (κ1) is 16.4. The summed E-state index contributed by atoms with van der Waals surface area (Å²) in [7, 11) is 1.40. The molecule has 1 aromatic heterocycles. The molecular weight excluding hydrogens is 312 g/mol.